The number of benzene rings is 2. The Hall–Kier alpha value is -3.48. The van der Waals surface area contributed by atoms with Crippen LogP contribution in [-0.4, -0.2) is 28.6 Å². The van der Waals surface area contributed by atoms with Crippen molar-refractivity contribution in [3.8, 4) is 17.2 Å². The zero-order valence-electron chi connectivity index (χ0n) is 14.8. The molecule has 138 valence electrons. The van der Waals surface area contributed by atoms with E-state index in [1.807, 2.05) is 30.3 Å². The zero-order valence-corrected chi connectivity index (χ0v) is 14.8. The van der Waals surface area contributed by atoms with Gasteiger partial charge in [0, 0.05) is 17.5 Å². The fraction of sp³-hybridized carbons (Fsp3) is 0.200. The minimum atomic E-state index is -0.567. The van der Waals surface area contributed by atoms with Crippen LogP contribution in [0.2, 0.25) is 0 Å². The van der Waals surface area contributed by atoms with Crippen molar-refractivity contribution in [3.05, 3.63) is 66.1 Å². The second-order valence-electron chi connectivity index (χ2n) is 5.62. The predicted octanol–water partition coefficient (Wildman–Crippen LogP) is 3.45. The highest BCUT2D eigenvalue weighted by atomic mass is 16.6. The van der Waals surface area contributed by atoms with E-state index >= 15 is 0 Å². The van der Waals surface area contributed by atoms with Crippen molar-refractivity contribution < 1.29 is 23.5 Å². The van der Waals surface area contributed by atoms with Crippen LogP contribution in [0.5, 0.6) is 5.75 Å². The summed E-state index contributed by atoms with van der Waals surface area (Å²) in [7, 11) is 0. The minimum Gasteiger partial charge on any atom is -0.482 e. The van der Waals surface area contributed by atoms with Crippen molar-refractivity contribution in [3.63, 3.8) is 0 Å². The number of Topliss-reactive ketones (excluding diaryl/α,β-unsaturated/α-hetero) is 1. The van der Waals surface area contributed by atoms with Crippen molar-refractivity contribution in [1.29, 1.82) is 0 Å². The van der Waals surface area contributed by atoms with Crippen molar-refractivity contribution in [2.24, 2.45) is 0 Å². The molecule has 7 nitrogen and oxygen atoms in total. The number of rotatable bonds is 8. The van der Waals surface area contributed by atoms with Gasteiger partial charge in [-0.1, -0.05) is 25.1 Å². The molecule has 0 aliphatic carbocycles. The Labute approximate surface area is 155 Å². The van der Waals surface area contributed by atoms with Crippen LogP contribution < -0.4 is 4.74 Å². The van der Waals surface area contributed by atoms with E-state index < -0.39 is 5.97 Å². The van der Waals surface area contributed by atoms with E-state index in [0.29, 0.717) is 23.6 Å². The third kappa shape index (κ3) is 5.01. The number of ketones is 1. The van der Waals surface area contributed by atoms with E-state index in [1.54, 1.807) is 31.2 Å². The van der Waals surface area contributed by atoms with E-state index in [9.17, 15) is 9.59 Å². The number of nitrogens with zero attached hydrogens (tertiary/aromatic N) is 2. The molecule has 2 aromatic carbocycles. The van der Waals surface area contributed by atoms with Gasteiger partial charge in [-0.2, -0.15) is 0 Å². The molecule has 3 aromatic rings. The number of hydrogen-bond acceptors (Lipinski definition) is 7. The summed E-state index contributed by atoms with van der Waals surface area (Å²) in [6.07, 6.45) is 0.439. The van der Waals surface area contributed by atoms with E-state index in [4.69, 9.17) is 13.9 Å². The molecule has 0 amide bonds. The molecule has 0 bridgehead atoms. The smallest absolute Gasteiger partial charge is 0.344 e. The molecular formula is C20H18N2O5. The molecule has 0 aliphatic heterocycles. The Balaban J connectivity index is 1.46. The standard InChI is InChI=1S/C20H18N2O5/c1-2-17(23)14-8-10-16(11-9-14)25-13-19(24)26-12-18-21-22-20(27-18)15-6-4-3-5-7-15/h3-11H,2,12-13H2,1H3. The highest BCUT2D eigenvalue weighted by Crippen LogP contribution is 2.17. The fourth-order valence-corrected chi connectivity index (χ4v) is 2.28. The molecule has 0 aliphatic rings. The first-order chi connectivity index (χ1) is 13.2. The van der Waals surface area contributed by atoms with E-state index in [2.05, 4.69) is 10.2 Å². The highest BCUT2D eigenvalue weighted by Gasteiger charge is 2.11. The molecule has 0 radical (unpaired) electrons. The third-order valence-electron chi connectivity index (χ3n) is 3.70. The predicted molar refractivity (Wildman–Crippen MR) is 96.1 cm³/mol. The summed E-state index contributed by atoms with van der Waals surface area (Å²) >= 11 is 0. The second-order valence-corrected chi connectivity index (χ2v) is 5.62. The lowest BCUT2D eigenvalue weighted by molar-refractivity contribution is -0.148. The zero-order chi connectivity index (χ0) is 19.1. The molecule has 1 heterocycles. The summed E-state index contributed by atoms with van der Waals surface area (Å²) in [6.45, 7) is 1.40. The van der Waals surface area contributed by atoms with Gasteiger partial charge in [0.2, 0.25) is 5.89 Å². The molecule has 0 N–H and O–H groups in total. The van der Waals surface area contributed by atoms with Gasteiger partial charge in [0.15, 0.2) is 19.0 Å². The average molecular weight is 366 g/mol. The summed E-state index contributed by atoms with van der Waals surface area (Å²) in [6, 6.07) is 15.9. The minimum absolute atomic E-state index is 0.0513. The van der Waals surface area contributed by atoms with Crippen molar-refractivity contribution in [2.45, 2.75) is 20.0 Å². The Bertz CT molecular complexity index is 904. The van der Waals surface area contributed by atoms with E-state index in [1.165, 1.54) is 0 Å². The Morgan fingerprint density at radius 1 is 1.00 bits per heavy atom. The normalized spacial score (nSPS) is 10.4. The van der Waals surface area contributed by atoms with Crippen LogP contribution >= 0.6 is 0 Å². The van der Waals surface area contributed by atoms with Crippen LogP contribution in [0.4, 0.5) is 0 Å². The van der Waals surface area contributed by atoms with Gasteiger partial charge in [0.1, 0.15) is 5.75 Å². The summed E-state index contributed by atoms with van der Waals surface area (Å²) in [5.41, 5.74) is 1.40. The van der Waals surface area contributed by atoms with Gasteiger partial charge < -0.3 is 13.9 Å². The van der Waals surface area contributed by atoms with E-state index in [-0.39, 0.29) is 24.9 Å². The van der Waals surface area contributed by atoms with Crippen LogP contribution in [0.25, 0.3) is 11.5 Å². The van der Waals surface area contributed by atoms with E-state index in [0.717, 1.165) is 5.56 Å². The van der Waals surface area contributed by atoms with Crippen LogP contribution in [0.3, 0.4) is 0 Å². The average Bonchev–Trinajstić information content (AvgIpc) is 3.20. The van der Waals surface area contributed by atoms with Crippen molar-refractivity contribution in [2.75, 3.05) is 6.61 Å². The van der Waals surface area contributed by atoms with Gasteiger partial charge in [-0.15, -0.1) is 10.2 Å². The van der Waals surface area contributed by atoms with Crippen LogP contribution in [0, 0.1) is 0 Å². The lowest BCUT2D eigenvalue weighted by atomic mass is 10.1. The molecule has 0 spiro atoms. The fourth-order valence-electron chi connectivity index (χ4n) is 2.28. The third-order valence-corrected chi connectivity index (χ3v) is 3.70. The number of hydrogen-bond donors (Lipinski definition) is 0. The second kappa shape index (κ2) is 8.75. The lowest BCUT2D eigenvalue weighted by Gasteiger charge is -2.06. The van der Waals surface area contributed by atoms with Gasteiger partial charge in [-0.3, -0.25) is 4.79 Å². The van der Waals surface area contributed by atoms with Gasteiger partial charge in [0.25, 0.3) is 5.89 Å². The quantitative estimate of drug-likeness (QED) is 0.445. The molecule has 1 aromatic heterocycles. The molecule has 3 rings (SSSR count). The van der Waals surface area contributed by atoms with Crippen LogP contribution in [0.15, 0.2) is 59.0 Å². The molecule has 7 heteroatoms. The number of esters is 1. The summed E-state index contributed by atoms with van der Waals surface area (Å²) in [4.78, 5) is 23.4. The maximum absolute atomic E-state index is 11.8. The molecule has 0 saturated carbocycles. The van der Waals surface area contributed by atoms with Gasteiger partial charge in [0.05, 0.1) is 0 Å². The van der Waals surface area contributed by atoms with Crippen LogP contribution in [-0.2, 0) is 16.1 Å². The van der Waals surface area contributed by atoms with Gasteiger partial charge in [-0.25, -0.2) is 4.79 Å². The number of ether oxygens (including phenoxy) is 2. The molecule has 0 atom stereocenters. The number of aromatic nitrogens is 2. The first-order valence-corrected chi connectivity index (χ1v) is 8.45. The molecular weight excluding hydrogens is 348 g/mol. The molecule has 0 unspecified atom stereocenters. The molecule has 27 heavy (non-hydrogen) atoms. The number of carbonyl (C=O) groups excluding carboxylic acids is 2. The largest absolute Gasteiger partial charge is 0.482 e. The Kier molecular flexibility index (Phi) is 5.94. The lowest BCUT2D eigenvalue weighted by Crippen LogP contribution is -2.14. The molecule has 0 saturated heterocycles. The van der Waals surface area contributed by atoms with Crippen molar-refractivity contribution >= 4 is 11.8 Å². The van der Waals surface area contributed by atoms with Gasteiger partial charge in [-0.05, 0) is 36.4 Å². The highest BCUT2D eigenvalue weighted by molar-refractivity contribution is 5.95. The summed E-state index contributed by atoms with van der Waals surface area (Å²) in [5.74, 6) is 0.520. The van der Waals surface area contributed by atoms with Gasteiger partial charge >= 0.3 is 5.97 Å². The summed E-state index contributed by atoms with van der Waals surface area (Å²) in [5, 5.41) is 7.77. The maximum Gasteiger partial charge on any atom is 0.344 e. The summed E-state index contributed by atoms with van der Waals surface area (Å²) < 4.78 is 15.9. The first-order valence-electron chi connectivity index (χ1n) is 8.45. The first kappa shape index (κ1) is 18.3. The number of carbonyl (C=O) groups is 2. The SMILES string of the molecule is CCC(=O)c1ccc(OCC(=O)OCc2nnc(-c3ccccc3)o2)cc1. The Morgan fingerprint density at radius 3 is 2.44 bits per heavy atom. The monoisotopic (exact) mass is 366 g/mol. The molecule has 0 fully saturated rings. The van der Waals surface area contributed by atoms with Crippen molar-refractivity contribution in [1.82, 2.24) is 10.2 Å². The Morgan fingerprint density at radius 2 is 1.74 bits per heavy atom. The maximum atomic E-state index is 11.8. The topological polar surface area (TPSA) is 91.5 Å². The van der Waals surface area contributed by atoms with Crippen LogP contribution in [0.1, 0.15) is 29.6 Å².